The molecule has 0 saturated heterocycles. The van der Waals surface area contributed by atoms with E-state index in [1.54, 1.807) is 0 Å². The van der Waals surface area contributed by atoms with E-state index >= 15 is 0 Å². The highest BCUT2D eigenvalue weighted by atomic mass is 16.7. The summed E-state index contributed by atoms with van der Waals surface area (Å²) in [5.41, 5.74) is 2.01. The molecule has 0 fully saturated rings. The van der Waals surface area contributed by atoms with Gasteiger partial charge in [-0.25, -0.2) is 4.79 Å². The van der Waals surface area contributed by atoms with Gasteiger partial charge >= 0.3 is 12.3 Å². The van der Waals surface area contributed by atoms with E-state index in [1.165, 1.54) is 0 Å². The van der Waals surface area contributed by atoms with Gasteiger partial charge in [0.1, 0.15) is 18.1 Å². The Balaban J connectivity index is 1.68. The zero-order chi connectivity index (χ0) is 18.2. The van der Waals surface area contributed by atoms with Crippen LogP contribution in [0, 0.1) is 0 Å². The molecule has 0 bridgehead atoms. The minimum absolute atomic E-state index is 0.176. The molecule has 0 atom stereocenters. The second kappa shape index (κ2) is 9.25. The van der Waals surface area contributed by atoms with Crippen molar-refractivity contribution in [3.8, 4) is 11.5 Å². The molecule has 1 aliphatic rings. The van der Waals surface area contributed by atoms with Gasteiger partial charge in [-0.1, -0.05) is 49.7 Å². The maximum atomic E-state index is 12.4. The third kappa shape index (κ3) is 4.76. The van der Waals surface area contributed by atoms with E-state index < -0.39 is 12.3 Å². The van der Waals surface area contributed by atoms with Gasteiger partial charge in [0.2, 0.25) is 0 Å². The summed E-state index contributed by atoms with van der Waals surface area (Å²) >= 11 is 0. The van der Waals surface area contributed by atoms with Crippen LogP contribution in [0.15, 0.2) is 48.5 Å². The summed E-state index contributed by atoms with van der Waals surface area (Å²) in [4.78, 5) is 12.4. The summed E-state index contributed by atoms with van der Waals surface area (Å²) in [6, 6.07) is 15.3. The van der Waals surface area contributed by atoms with Crippen molar-refractivity contribution >= 4 is 5.97 Å². The van der Waals surface area contributed by atoms with Crippen LogP contribution in [0.5, 0.6) is 11.5 Å². The SMILES string of the molecule is CCCCOCCOC(=O)C1Oc2ccccc2Cc2ccccc2O1. The number of hydrogen-bond acceptors (Lipinski definition) is 5. The zero-order valence-electron chi connectivity index (χ0n) is 15.0. The van der Waals surface area contributed by atoms with Crippen molar-refractivity contribution in [1.29, 1.82) is 0 Å². The van der Waals surface area contributed by atoms with Gasteiger partial charge in [0.25, 0.3) is 0 Å². The first-order chi connectivity index (χ1) is 12.8. The van der Waals surface area contributed by atoms with Gasteiger partial charge in [-0.05, 0) is 29.7 Å². The average Bonchev–Trinajstić information content (AvgIpc) is 2.64. The predicted octanol–water partition coefficient (Wildman–Crippen LogP) is 3.73. The molecule has 3 rings (SSSR count). The predicted molar refractivity (Wildman–Crippen MR) is 97.4 cm³/mol. The number of fused-ring (bicyclic) bond motifs is 2. The topological polar surface area (TPSA) is 54.0 Å². The smallest absolute Gasteiger partial charge is 0.389 e. The number of unbranched alkanes of at least 4 members (excludes halogenated alkanes) is 1. The van der Waals surface area contributed by atoms with Crippen LogP contribution in [0.3, 0.4) is 0 Å². The third-order valence-electron chi connectivity index (χ3n) is 4.10. The minimum Gasteiger partial charge on any atom is -0.458 e. The van der Waals surface area contributed by atoms with E-state index in [9.17, 15) is 4.79 Å². The molecule has 0 aromatic heterocycles. The lowest BCUT2D eigenvalue weighted by Gasteiger charge is -2.24. The molecule has 5 heteroatoms. The average molecular weight is 356 g/mol. The number of carbonyl (C=O) groups excluding carboxylic acids is 1. The summed E-state index contributed by atoms with van der Waals surface area (Å²) in [7, 11) is 0. The summed E-state index contributed by atoms with van der Waals surface area (Å²) < 4.78 is 22.3. The van der Waals surface area contributed by atoms with Crippen LogP contribution in [0.1, 0.15) is 30.9 Å². The molecule has 0 unspecified atom stereocenters. The normalized spacial score (nSPS) is 13.4. The van der Waals surface area contributed by atoms with Gasteiger partial charge < -0.3 is 18.9 Å². The van der Waals surface area contributed by atoms with Crippen LogP contribution in [-0.4, -0.2) is 32.1 Å². The number of benzene rings is 2. The molecule has 26 heavy (non-hydrogen) atoms. The molecule has 0 spiro atoms. The monoisotopic (exact) mass is 356 g/mol. The molecule has 5 nitrogen and oxygen atoms in total. The van der Waals surface area contributed by atoms with Crippen LogP contribution < -0.4 is 9.47 Å². The summed E-state index contributed by atoms with van der Waals surface area (Å²) in [6.07, 6.45) is 1.60. The van der Waals surface area contributed by atoms with E-state index in [0.717, 1.165) is 24.0 Å². The molecule has 138 valence electrons. The fourth-order valence-electron chi connectivity index (χ4n) is 2.70. The van der Waals surface area contributed by atoms with Crippen LogP contribution in [-0.2, 0) is 20.7 Å². The minimum atomic E-state index is -1.15. The highest BCUT2D eigenvalue weighted by Gasteiger charge is 2.28. The van der Waals surface area contributed by atoms with Gasteiger partial charge in [-0.3, -0.25) is 0 Å². The molecule has 0 N–H and O–H groups in total. The Hall–Kier alpha value is -2.53. The van der Waals surface area contributed by atoms with Gasteiger partial charge in [-0.2, -0.15) is 0 Å². The van der Waals surface area contributed by atoms with Crippen LogP contribution >= 0.6 is 0 Å². The van der Waals surface area contributed by atoms with Crippen molar-refractivity contribution in [3.63, 3.8) is 0 Å². The van der Waals surface area contributed by atoms with Crippen LogP contribution in [0.4, 0.5) is 0 Å². The second-order valence-electron chi connectivity index (χ2n) is 6.09. The van der Waals surface area contributed by atoms with Gasteiger partial charge in [-0.15, -0.1) is 0 Å². The number of rotatable bonds is 7. The molecule has 0 radical (unpaired) electrons. The van der Waals surface area contributed by atoms with Crippen molar-refractivity contribution in [2.45, 2.75) is 32.5 Å². The van der Waals surface area contributed by atoms with Gasteiger partial charge in [0, 0.05) is 13.0 Å². The van der Waals surface area contributed by atoms with E-state index in [2.05, 4.69) is 6.92 Å². The first-order valence-corrected chi connectivity index (χ1v) is 9.01. The molecule has 1 aliphatic heterocycles. The summed E-state index contributed by atoms with van der Waals surface area (Å²) in [5.74, 6) is 0.696. The van der Waals surface area contributed by atoms with Crippen LogP contribution in [0.25, 0.3) is 0 Å². The number of esters is 1. The lowest BCUT2D eigenvalue weighted by molar-refractivity contribution is -0.167. The summed E-state index contributed by atoms with van der Waals surface area (Å²) in [6.45, 7) is 3.31. The molecular formula is C21H24O5. The number of para-hydroxylation sites is 2. The largest absolute Gasteiger partial charge is 0.458 e. The Labute approximate surface area is 153 Å². The van der Waals surface area contributed by atoms with Crippen molar-refractivity contribution in [1.82, 2.24) is 0 Å². The molecular weight excluding hydrogens is 332 g/mol. The Morgan fingerprint density at radius 3 is 2.19 bits per heavy atom. The second-order valence-corrected chi connectivity index (χ2v) is 6.09. The first kappa shape index (κ1) is 18.3. The van der Waals surface area contributed by atoms with Crippen LogP contribution in [0.2, 0.25) is 0 Å². The van der Waals surface area contributed by atoms with Crippen molar-refractivity contribution in [2.75, 3.05) is 19.8 Å². The van der Waals surface area contributed by atoms with Gasteiger partial charge in [0.05, 0.1) is 6.61 Å². The highest BCUT2D eigenvalue weighted by molar-refractivity contribution is 5.74. The fourth-order valence-corrected chi connectivity index (χ4v) is 2.70. The van der Waals surface area contributed by atoms with Crippen molar-refractivity contribution < 1.29 is 23.7 Å². The van der Waals surface area contributed by atoms with Crippen molar-refractivity contribution in [2.24, 2.45) is 0 Å². The Kier molecular flexibility index (Phi) is 6.50. The summed E-state index contributed by atoms with van der Waals surface area (Å²) in [5, 5.41) is 0. The Bertz CT molecular complexity index is 680. The van der Waals surface area contributed by atoms with Gasteiger partial charge in [0.15, 0.2) is 0 Å². The quantitative estimate of drug-likeness (QED) is 0.559. The standard InChI is InChI=1S/C21H24O5/c1-2-3-12-23-13-14-24-20(22)21-25-18-10-6-4-8-16(18)15-17-9-5-7-11-19(17)26-21/h4-11,21H,2-3,12-15H2,1H3. The molecule has 2 aromatic rings. The fraction of sp³-hybridized carbons (Fsp3) is 0.381. The molecule has 0 amide bonds. The number of ether oxygens (including phenoxy) is 4. The Morgan fingerprint density at radius 1 is 0.962 bits per heavy atom. The van der Waals surface area contributed by atoms with Crippen molar-refractivity contribution in [3.05, 3.63) is 59.7 Å². The Morgan fingerprint density at radius 2 is 1.58 bits per heavy atom. The van der Waals surface area contributed by atoms with E-state index in [1.807, 2.05) is 48.5 Å². The lowest BCUT2D eigenvalue weighted by Crippen LogP contribution is -2.36. The number of carbonyl (C=O) groups is 1. The van der Waals surface area contributed by atoms with E-state index in [-0.39, 0.29) is 6.61 Å². The highest BCUT2D eigenvalue weighted by Crippen LogP contribution is 2.30. The number of hydrogen-bond donors (Lipinski definition) is 0. The maximum absolute atomic E-state index is 12.4. The molecule has 0 aliphatic carbocycles. The molecule has 1 heterocycles. The lowest BCUT2D eigenvalue weighted by atomic mass is 10.0. The van der Waals surface area contributed by atoms with E-state index in [0.29, 0.717) is 31.1 Å². The zero-order valence-corrected chi connectivity index (χ0v) is 15.0. The third-order valence-corrected chi connectivity index (χ3v) is 4.10. The first-order valence-electron chi connectivity index (χ1n) is 9.01. The molecule has 0 saturated carbocycles. The molecule has 2 aromatic carbocycles. The van der Waals surface area contributed by atoms with E-state index in [4.69, 9.17) is 18.9 Å². The maximum Gasteiger partial charge on any atom is 0.389 e.